The second-order valence-corrected chi connectivity index (χ2v) is 7.14. The van der Waals surface area contributed by atoms with Gasteiger partial charge in [0.15, 0.2) is 0 Å². The highest BCUT2D eigenvalue weighted by molar-refractivity contribution is 6.36. The number of rotatable bonds is 6. The minimum Gasteiger partial charge on any atom is -0.350 e. The molecule has 0 unspecified atom stereocenters. The van der Waals surface area contributed by atoms with Crippen LogP contribution in [0.4, 0.5) is 11.4 Å². The summed E-state index contributed by atoms with van der Waals surface area (Å²) < 4.78 is 0. The first kappa shape index (κ1) is 20.3. The molecule has 0 saturated heterocycles. The molecule has 1 aliphatic rings. The van der Waals surface area contributed by atoms with Crippen molar-refractivity contribution in [2.24, 2.45) is 0 Å². The Hall–Kier alpha value is -3.41. The van der Waals surface area contributed by atoms with Crippen molar-refractivity contribution in [3.8, 4) is 0 Å². The van der Waals surface area contributed by atoms with Gasteiger partial charge >= 0.3 is 0 Å². The average molecular weight is 391 g/mol. The Morgan fingerprint density at radius 1 is 1.00 bits per heavy atom. The largest absolute Gasteiger partial charge is 0.350 e. The number of carbonyl (C=O) groups excluding carboxylic acids is 3. The van der Waals surface area contributed by atoms with Crippen molar-refractivity contribution in [2.45, 2.75) is 34.1 Å². The van der Waals surface area contributed by atoms with Crippen LogP contribution >= 0.6 is 0 Å². The summed E-state index contributed by atoms with van der Waals surface area (Å²) >= 11 is 0. The van der Waals surface area contributed by atoms with Gasteiger partial charge in [-0.2, -0.15) is 0 Å². The van der Waals surface area contributed by atoms with Crippen molar-refractivity contribution in [1.29, 1.82) is 0 Å². The van der Waals surface area contributed by atoms with E-state index >= 15 is 0 Å². The topological polar surface area (TPSA) is 78.5 Å². The molecule has 3 amide bonds. The fraction of sp³-hybridized carbons (Fsp3) is 0.261. The molecule has 0 fully saturated rings. The highest BCUT2D eigenvalue weighted by atomic mass is 16.2. The van der Waals surface area contributed by atoms with Crippen LogP contribution in [0.15, 0.2) is 48.2 Å². The predicted molar refractivity (Wildman–Crippen MR) is 114 cm³/mol. The number of aryl methyl sites for hydroxylation is 1. The third kappa shape index (κ3) is 4.06. The second-order valence-electron chi connectivity index (χ2n) is 7.14. The fourth-order valence-electron chi connectivity index (χ4n) is 3.33. The fourth-order valence-corrected chi connectivity index (χ4v) is 3.33. The molecule has 1 heterocycles. The van der Waals surface area contributed by atoms with E-state index in [-0.39, 0.29) is 23.4 Å². The average Bonchev–Trinajstić information content (AvgIpc) is 2.90. The van der Waals surface area contributed by atoms with Crippen molar-refractivity contribution in [1.82, 2.24) is 4.90 Å². The zero-order valence-electron chi connectivity index (χ0n) is 17.1. The normalized spacial score (nSPS) is 13.9. The standard InChI is InChI=1S/C23H25N3O3/c1-5-13-26-22(28)20(17-9-11-18(12-10-17)24-16(4)27)21(23(26)29)25-19-8-6-7-14(2)15(19)3/h6-12,25H,5,13H2,1-4H3,(H,24,27). The van der Waals surface area contributed by atoms with Gasteiger partial charge in [0.1, 0.15) is 5.70 Å². The molecule has 150 valence electrons. The van der Waals surface area contributed by atoms with Crippen molar-refractivity contribution in [3.05, 3.63) is 64.9 Å². The first-order valence-electron chi connectivity index (χ1n) is 9.65. The summed E-state index contributed by atoms with van der Waals surface area (Å²) in [5.74, 6) is -0.800. The Bertz CT molecular complexity index is 1010. The van der Waals surface area contributed by atoms with Gasteiger partial charge in [-0.1, -0.05) is 31.2 Å². The zero-order chi connectivity index (χ0) is 21.1. The molecule has 1 aliphatic heterocycles. The zero-order valence-corrected chi connectivity index (χ0v) is 17.1. The van der Waals surface area contributed by atoms with Crippen LogP contribution in [0.1, 0.15) is 37.0 Å². The highest BCUT2D eigenvalue weighted by Gasteiger charge is 2.38. The summed E-state index contributed by atoms with van der Waals surface area (Å²) in [6.07, 6.45) is 0.684. The van der Waals surface area contributed by atoms with Crippen molar-refractivity contribution in [2.75, 3.05) is 17.2 Å². The van der Waals surface area contributed by atoms with Crippen LogP contribution in [0.5, 0.6) is 0 Å². The summed E-state index contributed by atoms with van der Waals surface area (Å²) in [7, 11) is 0. The molecular formula is C23H25N3O3. The van der Waals surface area contributed by atoms with Crippen LogP contribution < -0.4 is 10.6 Å². The first-order valence-corrected chi connectivity index (χ1v) is 9.65. The number of carbonyl (C=O) groups is 3. The van der Waals surface area contributed by atoms with Gasteiger partial charge in [-0.3, -0.25) is 19.3 Å². The summed E-state index contributed by atoms with van der Waals surface area (Å²) in [4.78, 5) is 38.6. The van der Waals surface area contributed by atoms with Gasteiger partial charge in [0.2, 0.25) is 5.91 Å². The molecule has 3 rings (SSSR count). The molecule has 0 aromatic heterocycles. The maximum absolute atomic E-state index is 13.1. The van der Waals surface area contributed by atoms with Gasteiger partial charge in [0.25, 0.3) is 11.8 Å². The molecule has 6 nitrogen and oxygen atoms in total. The molecule has 0 saturated carbocycles. The van der Waals surface area contributed by atoms with Crippen LogP contribution in [0.3, 0.4) is 0 Å². The van der Waals surface area contributed by atoms with Crippen LogP contribution in [0, 0.1) is 13.8 Å². The predicted octanol–water partition coefficient (Wildman–Crippen LogP) is 3.86. The quantitative estimate of drug-likeness (QED) is 0.733. The number of anilines is 2. The van der Waals surface area contributed by atoms with Gasteiger partial charge in [-0.15, -0.1) is 0 Å². The van der Waals surface area contributed by atoms with Crippen LogP contribution in [0.2, 0.25) is 0 Å². The number of nitrogens with one attached hydrogen (secondary N) is 2. The summed E-state index contributed by atoms with van der Waals surface area (Å²) in [5, 5.41) is 5.92. The van der Waals surface area contributed by atoms with E-state index in [0.717, 1.165) is 16.8 Å². The Balaban J connectivity index is 2.06. The molecule has 0 aliphatic carbocycles. The number of hydrogen-bond acceptors (Lipinski definition) is 4. The van der Waals surface area contributed by atoms with Crippen LogP contribution in [-0.2, 0) is 14.4 Å². The molecule has 0 spiro atoms. The molecule has 6 heteroatoms. The Morgan fingerprint density at radius 3 is 2.31 bits per heavy atom. The van der Waals surface area contributed by atoms with E-state index in [2.05, 4.69) is 10.6 Å². The van der Waals surface area contributed by atoms with Gasteiger partial charge < -0.3 is 10.6 Å². The van der Waals surface area contributed by atoms with E-state index in [1.165, 1.54) is 11.8 Å². The summed E-state index contributed by atoms with van der Waals surface area (Å²) in [5.41, 5.74) is 4.81. The molecule has 0 radical (unpaired) electrons. The lowest BCUT2D eigenvalue weighted by molar-refractivity contribution is -0.136. The first-order chi connectivity index (χ1) is 13.8. The van der Waals surface area contributed by atoms with Crippen molar-refractivity contribution < 1.29 is 14.4 Å². The number of benzene rings is 2. The smallest absolute Gasteiger partial charge is 0.278 e. The van der Waals surface area contributed by atoms with E-state index in [1.807, 2.05) is 39.0 Å². The minimum absolute atomic E-state index is 0.171. The number of amides is 3. The highest BCUT2D eigenvalue weighted by Crippen LogP contribution is 2.32. The second kappa shape index (κ2) is 8.31. The Labute approximate surface area is 170 Å². The lowest BCUT2D eigenvalue weighted by atomic mass is 10.0. The monoisotopic (exact) mass is 391 g/mol. The van der Waals surface area contributed by atoms with Crippen molar-refractivity contribution >= 4 is 34.7 Å². The lowest BCUT2D eigenvalue weighted by Crippen LogP contribution is -2.33. The SMILES string of the molecule is CCCN1C(=O)C(Nc2cccc(C)c2C)=C(c2ccc(NC(C)=O)cc2)C1=O. The minimum atomic E-state index is -0.321. The number of imide groups is 1. The van der Waals surface area contributed by atoms with E-state index < -0.39 is 0 Å². The maximum Gasteiger partial charge on any atom is 0.278 e. The number of nitrogens with zero attached hydrogens (tertiary/aromatic N) is 1. The van der Waals surface area contributed by atoms with Gasteiger partial charge in [-0.05, 0) is 55.2 Å². The maximum atomic E-state index is 13.1. The third-order valence-electron chi connectivity index (χ3n) is 4.97. The van der Waals surface area contributed by atoms with Crippen LogP contribution in [-0.4, -0.2) is 29.2 Å². The third-order valence-corrected chi connectivity index (χ3v) is 4.97. The van der Waals surface area contributed by atoms with Gasteiger partial charge in [0, 0.05) is 24.8 Å². The van der Waals surface area contributed by atoms with E-state index in [1.54, 1.807) is 24.3 Å². The lowest BCUT2D eigenvalue weighted by Gasteiger charge is -2.15. The van der Waals surface area contributed by atoms with Gasteiger partial charge in [-0.25, -0.2) is 0 Å². The molecule has 2 aromatic carbocycles. The van der Waals surface area contributed by atoms with E-state index in [4.69, 9.17) is 0 Å². The number of hydrogen-bond donors (Lipinski definition) is 2. The Morgan fingerprint density at radius 2 is 1.69 bits per heavy atom. The molecule has 2 aromatic rings. The molecule has 2 N–H and O–H groups in total. The van der Waals surface area contributed by atoms with E-state index in [0.29, 0.717) is 29.8 Å². The molecule has 0 atom stereocenters. The Kier molecular flexibility index (Phi) is 5.82. The summed E-state index contributed by atoms with van der Waals surface area (Å²) in [6.45, 7) is 7.71. The van der Waals surface area contributed by atoms with E-state index in [9.17, 15) is 14.4 Å². The van der Waals surface area contributed by atoms with Crippen molar-refractivity contribution in [3.63, 3.8) is 0 Å². The summed E-state index contributed by atoms with van der Waals surface area (Å²) in [6, 6.07) is 12.7. The van der Waals surface area contributed by atoms with Crippen LogP contribution in [0.25, 0.3) is 5.57 Å². The molecular weight excluding hydrogens is 366 g/mol. The molecule has 0 bridgehead atoms. The molecule has 29 heavy (non-hydrogen) atoms. The van der Waals surface area contributed by atoms with Gasteiger partial charge in [0.05, 0.1) is 5.57 Å².